The number of ether oxygens (including phenoxy) is 2. The van der Waals surface area contributed by atoms with Crippen LogP contribution in [0.15, 0.2) is 25.5 Å². The van der Waals surface area contributed by atoms with Crippen molar-refractivity contribution in [3.05, 3.63) is 25.5 Å². The van der Waals surface area contributed by atoms with Crippen molar-refractivity contribution < 1.29 is 19.1 Å². The van der Waals surface area contributed by atoms with Crippen LogP contribution in [-0.4, -0.2) is 18.5 Å². The van der Waals surface area contributed by atoms with Crippen LogP contribution in [0.25, 0.3) is 0 Å². The fourth-order valence-corrected chi connectivity index (χ4v) is 2.67. The van der Waals surface area contributed by atoms with Gasteiger partial charge >= 0.3 is 11.9 Å². The molecule has 0 amide bonds. The zero-order valence-corrected chi connectivity index (χ0v) is 15.4. The van der Waals surface area contributed by atoms with Crippen LogP contribution >= 0.6 is 0 Å². The normalized spacial score (nSPS) is 12.9. The summed E-state index contributed by atoms with van der Waals surface area (Å²) in [6.07, 6.45) is 12.8. The van der Waals surface area contributed by atoms with Gasteiger partial charge in [0.25, 0.3) is 0 Å². The van der Waals surface area contributed by atoms with E-state index in [1.807, 2.05) is 0 Å². The first kappa shape index (κ1) is 22.4. The molecule has 2 atom stereocenters. The lowest BCUT2D eigenvalue weighted by Crippen LogP contribution is -2.30. The monoisotopic (exact) mass is 338 g/mol. The van der Waals surface area contributed by atoms with Crippen LogP contribution in [-0.2, 0) is 19.1 Å². The molecule has 0 N–H and O–H groups in total. The van der Waals surface area contributed by atoms with Gasteiger partial charge in [0, 0.05) is 0 Å². The van der Waals surface area contributed by atoms with E-state index in [1.165, 1.54) is 44.6 Å². The van der Waals surface area contributed by atoms with Crippen LogP contribution < -0.4 is 0 Å². The summed E-state index contributed by atoms with van der Waals surface area (Å²) < 4.78 is 9.95. The Balaban J connectivity index is 4.29. The van der Waals surface area contributed by atoms with E-state index in [2.05, 4.69) is 20.1 Å². The van der Waals surface area contributed by atoms with Crippen molar-refractivity contribution in [3.63, 3.8) is 0 Å². The third-order valence-corrected chi connectivity index (χ3v) is 4.19. The first-order chi connectivity index (χ1) is 11.6. The minimum absolute atomic E-state index is 0.163. The van der Waals surface area contributed by atoms with Gasteiger partial charge in [-0.25, -0.2) is 0 Å². The van der Waals surface area contributed by atoms with E-state index in [9.17, 15) is 9.59 Å². The third kappa shape index (κ3) is 10.2. The Bertz CT molecular complexity index is 376. The second kappa shape index (κ2) is 15.0. The van der Waals surface area contributed by atoms with Gasteiger partial charge in [-0.05, 0) is 6.42 Å². The SMILES string of the molecule is C=CCOC(=O)C(CCCCCCCCCC)C(C)C(=O)OC=C. The van der Waals surface area contributed by atoms with Crippen molar-refractivity contribution in [1.82, 2.24) is 0 Å². The van der Waals surface area contributed by atoms with Crippen molar-refractivity contribution >= 4 is 11.9 Å². The number of carbonyl (C=O) groups excluding carboxylic acids is 2. The lowest BCUT2D eigenvalue weighted by molar-refractivity contribution is -0.157. The highest BCUT2D eigenvalue weighted by Gasteiger charge is 2.31. The first-order valence-electron chi connectivity index (χ1n) is 9.17. The Morgan fingerprint density at radius 1 is 0.958 bits per heavy atom. The second-order valence-electron chi connectivity index (χ2n) is 6.18. The molecule has 4 nitrogen and oxygen atoms in total. The summed E-state index contributed by atoms with van der Waals surface area (Å²) in [5.41, 5.74) is 0. The Morgan fingerprint density at radius 3 is 2.08 bits per heavy atom. The molecule has 0 radical (unpaired) electrons. The van der Waals surface area contributed by atoms with E-state index in [0.29, 0.717) is 6.42 Å². The number of unbranched alkanes of at least 4 members (excludes halogenated alkanes) is 7. The summed E-state index contributed by atoms with van der Waals surface area (Å²) in [7, 11) is 0. The van der Waals surface area contributed by atoms with Gasteiger partial charge in [-0.3, -0.25) is 9.59 Å². The fourth-order valence-electron chi connectivity index (χ4n) is 2.67. The standard InChI is InChI=1S/C20H34O4/c1-5-8-9-10-11-12-13-14-15-18(20(22)24-16-6-2)17(4)19(21)23-7-3/h6-7,17-18H,2-3,5,8-16H2,1,4H3. The highest BCUT2D eigenvalue weighted by atomic mass is 16.5. The largest absolute Gasteiger partial charge is 0.461 e. The lowest BCUT2D eigenvalue weighted by atomic mass is 9.88. The average molecular weight is 338 g/mol. The molecule has 0 spiro atoms. The molecule has 0 aromatic carbocycles. The number of hydrogen-bond donors (Lipinski definition) is 0. The first-order valence-corrected chi connectivity index (χ1v) is 9.17. The van der Waals surface area contributed by atoms with E-state index >= 15 is 0 Å². The lowest BCUT2D eigenvalue weighted by Gasteiger charge is -2.20. The van der Waals surface area contributed by atoms with Crippen LogP contribution in [0.2, 0.25) is 0 Å². The second-order valence-corrected chi connectivity index (χ2v) is 6.18. The van der Waals surface area contributed by atoms with E-state index in [4.69, 9.17) is 9.47 Å². The van der Waals surface area contributed by atoms with Crippen LogP contribution in [0.3, 0.4) is 0 Å². The molecule has 0 aliphatic carbocycles. The molecular weight excluding hydrogens is 304 g/mol. The molecule has 0 fully saturated rings. The smallest absolute Gasteiger partial charge is 0.314 e. The molecule has 0 aromatic heterocycles. The van der Waals surface area contributed by atoms with Gasteiger partial charge in [0.05, 0.1) is 18.1 Å². The molecule has 0 saturated carbocycles. The summed E-state index contributed by atoms with van der Waals surface area (Å²) in [6, 6.07) is 0. The molecule has 0 saturated heterocycles. The van der Waals surface area contributed by atoms with Crippen molar-refractivity contribution in [2.24, 2.45) is 11.8 Å². The summed E-state index contributed by atoms with van der Waals surface area (Å²) in [5, 5.41) is 0. The van der Waals surface area contributed by atoms with Crippen LogP contribution in [0.4, 0.5) is 0 Å². The fraction of sp³-hybridized carbons (Fsp3) is 0.700. The molecule has 0 aromatic rings. The van der Waals surface area contributed by atoms with Gasteiger partial charge in [-0.1, -0.05) is 84.4 Å². The maximum Gasteiger partial charge on any atom is 0.314 e. The zero-order valence-electron chi connectivity index (χ0n) is 15.4. The van der Waals surface area contributed by atoms with Crippen molar-refractivity contribution in [2.45, 2.75) is 71.6 Å². The average Bonchev–Trinajstić information content (AvgIpc) is 2.58. The van der Waals surface area contributed by atoms with Gasteiger partial charge in [-0.15, -0.1) is 0 Å². The predicted molar refractivity (Wildman–Crippen MR) is 97.3 cm³/mol. The van der Waals surface area contributed by atoms with E-state index in [0.717, 1.165) is 19.1 Å². The van der Waals surface area contributed by atoms with Gasteiger partial charge in [0.1, 0.15) is 6.61 Å². The van der Waals surface area contributed by atoms with E-state index in [-0.39, 0.29) is 12.6 Å². The molecular formula is C20H34O4. The quantitative estimate of drug-likeness (QED) is 0.178. The van der Waals surface area contributed by atoms with Gasteiger partial charge in [-0.2, -0.15) is 0 Å². The van der Waals surface area contributed by atoms with Gasteiger partial charge in [0.2, 0.25) is 0 Å². The van der Waals surface area contributed by atoms with Crippen LogP contribution in [0.5, 0.6) is 0 Å². The Labute approximate surface area is 147 Å². The maximum atomic E-state index is 12.2. The van der Waals surface area contributed by atoms with E-state index in [1.54, 1.807) is 6.92 Å². The number of carbonyl (C=O) groups is 2. The highest BCUT2D eigenvalue weighted by Crippen LogP contribution is 2.23. The molecule has 0 bridgehead atoms. The summed E-state index contributed by atoms with van der Waals surface area (Å²) >= 11 is 0. The van der Waals surface area contributed by atoms with Crippen molar-refractivity contribution in [2.75, 3.05) is 6.61 Å². The summed E-state index contributed by atoms with van der Waals surface area (Å²) in [4.78, 5) is 24.1. The van der Waals surface area contributed by atoms with Crippen LogP contribution in [0.1, 0.15) is 71.6 Å². The third-order valence-electron chi connectivity index (χ3n) is 4.19. The summed E-state index contributed by atoms with van der Waals surface area (Å²) in [6.45, 7) is 11.0. The van der Waals surface area contributed by atoms with Gasteiger partial charge < -0.3 is 9.47 Å². The van der Waals surface area contributed by atoms with Crippen LogP contribution in [0, 0.1) is 11.8 Å². The maximum absolute atomic E-state index is 12.2. The molecule has 24 heavy (non-hydrogen) atoms. The predicted octanol–water partition coefficient (Wildman–Crippen LogP) is 5.19. The summed E-state index contributed by atoms with van der Waals surface area (Å²) in [5.74, 6) is -1.81. The molecule has 2 unspecified atom stereocenters. The molecule has 0 rings (SSSR count). The Kier molecular flexibility index (Phi) is 14.0. The van der Waals surface area contributed by atoms with Gasteiger partial charge in [0.15, 0.2) is 0 Å². The molecule has 0 aliphatic rings. The highest BCUT2D eigenvalue weighted by molar-refractivity contribution is 5.82. The zero-order chi connectivity index (χ0) is 18.2. The minimum Gasteiger partial charge on any atom is -0.461 e. The Morgan fingerprint density at radius 2 is 1.54 bits per heavy atom. The topological polar surface area (TPSA) is 52.6 Å². The molecule has 4 heteroatoms. The molecule has 138 valence electrons. The minimum atomic E-state index is -0.537. The molecule has 0 heterocycles. The van der Waals surface area contributed by atoms with Crippen molar-refractivity contribution in [3.8, 4) is 0 Å². The number of hydrogen-bond acceptors (Lipinski definition) is 4. The van der Waals surface area contributed by atoms with Crippen molar-refractivity contribution in [1.29, 1.82) is 0 Å². The Hall–Kier alpha value is -1.58. The van der Waals surface area contributed by atoms with E-state index < -0.39 is 17.8 Å². The molecule has 0 aliphatic heterocycles. The number of esters is 2. The number of rotatable bonds is 15.